The molecule has 1 fully saturated rings. The number of ether oxygens (including phenoxy) is 1. The SMILES string of the molecule is CC(CCN)N(C)C1CC(C)(C)OC1(C)C. The molecule has 0 bridgehead atoms. The van der Waals surface area contributed by atoms with E-state index in [-0.39, 0.29) is 11.2 Å². The van der Waals surface area contributed by atoms with Crippen molar-refractivity contribution in [2.45, 2.75) is 70.7 Å². The minimum absolute atomic E-state index is 0.00907. The zero-order chi connectivity index (χ0) is 12.6. The maximum absolute atomic E-state index is 6.13. The van der Waals surface area contributed by atoms with Gasteiger partial charge < -0.3 is 10.5 Å². The molecule has 1 heterocycles. The van der Waals surface area contributed by atoms with Crippen molar-refractivity contribution in [3.63, 3.8) is 0 Å². The second-order valence-corrected chi connectivity index (χ2v) is 6.28. The number of nitrogens with zero attached hydrogens (tertiary/aromatic N) is 1. The van der Waals surface area contributed by atoms with E-state index in [1.807, 2.05) is 0 Å². The van der Waals surface area contributed by atoms with Crippen LogP contribution in [0.4, 0.5) is 0 Å². The second-order valence-electron chi connectivity index (χ2n) is 6.28. The lowest BCUT2D eigenvalue weighted by Crippen LogP contribution is -2.48. The van der Waals surface area contributed by atoms with Crippen LogP contribution in [0.15, 0.2) is 0 Å². The number of likely N-dealkylation sites (N-methyl/N-ethyl adjacent to an activating group) is 1. The molecular formula is C13H28N2O. The first-order chi connectivity index (χ1) is 7.19. The highest BCUT2D eigenvalue weighted by Gasteiger charge is 2.48. The van der Waals surface area contributed by atoms with Gasteiger partial charge in [-0.1, -0.05) is 0 Å². The second kappa shape index (κ2) is 4.63. The first-order valence-electron chi connectivity index (χ1n) is 6.32. The fourth-order valence-electron chi connectivity index (χ4n) is 2.92. The Kier molecular flexibility index (Phi) is 4.04. The third-order valence-electron chi connectivity index (χ3n) is 3.80. The van der Waals surface area contributed by atoms with Crippen molar-refractivity contribution in [3.8, 4) is 0 Å². The van der Waals surface area contributed by atoms with Gasteiger partial charge in [0.25, 0.3) is 0 Å². The molecule has 0 aromatic carbocycles. The van der Waals surface area contributed by atoms with Crippen molar-refractivity contribution in [2.24, 2.45) is 5.73 Å². The van der Waals surface area contributed by atoms with Gasteiger partial charge in [0.2, 0.25) is 0 Å². The molecule has 0 amide bonds. The smallest absolute Gasteiger partial charge is 0.0789 e. The van der Waals surface area contributed by atoms with Gasteiger partial charge in [-0.2, -0.15) is 0 Å². The van der Waals surface area contributed by atoms with Gasteiger partial charge in [0.1, 0.15) is 0 Å². The molecule has 3 heteroatoms. The number of rotatable bonds is 4. The van der Waals surface area contributed by atoms with Gasteiger partial charge in [0.05, 0.1) is 11.2 Å². The quantitative estimate of drug-likeness (QED) is 0.800. The molecule has 1 aliphatic heterocycles. The molecule has 2 N–H and O–H groups in total. The summed E-state index contributed by atoms with van der Waals surface area (Å²) in [7, 11) is 2.19. The summed E-state index contributed by atoms with van der Waals surface area (Å²) in [6.07, 6.45) is 2.13. The predicted octanol–water partition coefficient (Wildman–Crippen LogP) is 2.00. The van der Waals surface area contributed by atoms with Crippen LogP contribution < -0.4 is 5.73 Å². The lowest BCUT2D eigenvalue weighted by atomic mass is 9.92. The average Bonchev–Trinajstić information content (AvgIpc) is 2.33. The van der Waals surface area contributed by atoms with E-state index in [1.165, 1.54) is 0 Å². The molecule has 1 saturated heterocycles. The summed E-state index contributed by atoms with van der Waals surface area (Å²) in [6.45, 7) is 11.7. The Hall–Kier alpha value is -0.120. The maximum atomic E-state index is 6.13. The van der Waals surface area contributed by atoms with Crippen LogP contribution in [0.3, 0.4) is 0 Å². The van der Waals surface area contributed by atoms with Crippen LogP contribution in [-0.4, -0.2) is 41.8 Å². The van der Waals surface area contributed by atoms with Crippen LogP contribution in [0.2, 0.25) is 0 Å². The van der Waals surface area contributed by atoms with Gasteiger partial charge >= 0.3 is 0 Å². The Morgan fingerprint density at radius 1 is 1.38 bits per heavy atom. The number of hydrogen-bond donors (Lipinski definition) is 1. The van der Waals surface area contributed by atoms with E-state index >= 15 is 0 Å². The summed E-state index contributed by atoms with van der Waals surface area (Å²) in [6, 6.07) is 0.996. The lowest BCUT2D eigenvalue weighted by Gasteiger charge is -2.37. The molecule has 2 unspecified atom stereocenters. The molecule has 96 valence electrons. The first kappa shape index (κ1) is 13.9. The summed E-state index contributed by atoms with van der Waals surface area (Å²) in [5.41, 5.74) is 5.55. The van der Waals surface area contributed by atoms with Crippen LogP contribution >= 0.6 is 0 Å². The van der Waals surface area contributed by atoms with Crippen LogP contribution in [0.1, 0.15) is 47.5 Å². The molecular weight excluding hydrogens is 200 g/mol. The Morgan fingerprint density at radius 3 is 2.31 bits per heavy atom. The van der Waals surface area contributed by atoms with E-state index in [4.69, 9.17) is 10.5 Å². The predicted molar refractivity (Wildman–Crippen MR) is 68.5 cm³/mol. The van der Waals surface area contributed by atoms with E-state index in [0.29, 0.717) is 12.1 Å². The molecule has 3 nitrogen and oxygen atoms in total. The molecule has 2 atom stereocenters. The van der Waals surface area contributed by atoms with Crippen molar-refractivity contribution in [1.82, 2.24) is 4.90 Å². The van der Waals surface area contributed by atoms with Crippen molar-refractivity contribution < 1.29 is 4.74 Å². The molecule has 0 aliphatic carbocycles. The van der Waals surface area contributed by atoms with Gasteiger partial charge in [-0.25, -0.2) is 0 Å². The summed E-state index contributed by atoms with van der Waals surface area (Å²) < 4.78 is 6.13. The average molecular weight is 228 g/mol. The van der Waals surface area contributed by atoms with E-state index < -0.39 is 0 Å². The third kappa shape index (κ3) is 2.96. The topological polar surface area (TPSA) is 38.5 Å². The molecule has 0 saturated carbocycles. The summed E-state index contributed by atoms with van der Waals surface area (Å²) in [5, 5.41) is 0. The molecule has 1 rings (SSSR count). The molecule has 1 aliphatic rings. The number of nitrogens with two attached hydrogens (primary N) is 1. The van der Waals surface area contributed by atoms with Gasteiger partial charge in [-0.05, 0) is 61.1 Å². The van der Waals surface area contributed by atoms with Gasteiger partial charge in [0, 0.05) is 12.1 Å². The van der Waals surface area contributed by atoms with Crippen LogP contribution in [0.25, 0.3) is 0 Å². The van der Waals surface area contributed by atoms with E-state index in [1.54, 1.807) is 0 Å². The first-order valence-corrected chi connectivity index (χ1v) is 6.32. The summed E-state index contributed by atoms with van der Waals surface area (Å²) in [5.74, 6) is 0. The van der Waals surface area contributed by atoms with Gasteiger partial charge in [0.15, 0.2) is 0 Å². The van der Waals surface area contributed by atoms with Crippen LogP contribution in [-0.2, 0) is 4.74 Å². The van der Waals surface area contributed by atoms with Gasteiger partial charge in [-0.3, -0.25) is 4.90 Å². The fraction of sp³-hybridized carbons (Fsp3) is 1.00. The highest BCUT2D eigenvalue weighted by Crippen LogP contribution is 2.40. The van der Waals surface area contributed by atoms with E-state index in [0.717, 1.165) is 19.4 Å². The van der Waals surface area contributed by atoms with Crippen LogP contribution in [0, 0.1) is 0 Å². The van der Waals surface area contributed by atoms with Crippen LogP contribution in [0.5, 0.6) is 0 Å². The van der Waals surface area contributed by atoms with E-state index in [2.05, 4.69) is 46.6 Å². The standard InChI is InChI=1S/C13H28N2O/c1-10(7-8-14)15(6)11-9-12(2,3)16-13(11,4)5/h10-11H,7-9,14H2,1-6H3. The van der Waals surface area contributed by atoms with Crippen molar-refractivity contribution in [1.29, 1.82) is 0 Å². The summed E-state index contributed by atoms with van der Waals surface area (Å²) >= 11 is 0. The molecule has 0 radical (unpaired) electrons. The minimum atomic E-state index is -0.0683. The Morgan fingerprint density at radius 2 is 1.94 bits per heavy atom. The largest absolute Gasteiger partial charge is 0.368 e. The maximum Gasteiger partial charge on any atom is 0.0789 e. The Labute approximate surface area is 100 Å². The Balaban J connectivity index is 2.72. The third-order valence-corrected chi connectivity index (χ3v) is 3.80. The fourth-order valence-corrected chi connectivity index (χ4v) is 2.92. The lowest BCUT2D eigenvalue weighted by molar-refractivity contribution is -0.0812. The molecule has 16 heavy (non-hydrogen) atoms. The number of hydrogen-bond acceptors (Lipinski definition) is 3. The Bertz CT molecular complexity index is 238. The molecule has 0 aromatic heterocycles. The zero-order valence-electron chi connectivity index (χ0n) is 11.7. The highest BCUT2D eigenvalue weighted by molar-refractivity contribution is 5.00. The summed E-state index contributed by atoms with van der Waals surface area (Å²) in [4.78, 5) is 2.43. The normalized spacial score (nSPS) is 29.6. The highest BCUT2D eigenvalue weighted by atomic mass is 16.5. The molecule has 0 spiro atoms. The van der Waals surface area contributed by atoms with Gasteiger partial charge in [-0.15, -0.1) is 0 Å². The zero-order valence-corrected chi connectivity index (χ0v) is 11.7. The minimum Gasteiger partial charge on any atom is -0.368 e. The van der Waals surface area contributed by atoms with Crippen molar-refractivity contribution in [3.05, 3.63) is 0 Å². The monoisotopic (exact) mass is 228 g/mol. The molecule has 0 aromatic rings. The van der Waals surface area contributed by atoms with Crippen molar-refractivity contribution in [2.75, 3.05) is 13.6 Å². The van der Waals surface area contributed by atoms with Crippen molar-refractivity contribution >= 4 is 0 Å². The van der Waals surface area contributed by atoms with E-state index in [9.17, 15) is 0 Å².